The van der Waals surface area contributed by atoms with Gasteiger partial charge in [-0.15, -0.1) is 11.3 Å². The highest BCUT2D eigenvalue weighted by atomic mass is 32.1. The van der Waals surface area contributed by atoms with E-state index in [1.807, 2.05) is 45.3 Å². The first-order valence-corrected chi connectivity index (χ1v) is 11.7. The number of hydrogen-bond acceptors (Lipinski definition) is 6. The van der Waals surface area contributed by atoms with Gasteiger partial charge in [-0.1, -0.05) is 12.1 Å². The van der Waals surface area contributed by atoms with Crippen LogP contribution in [0.3, 0.4) is 0 Å². The lowest BCUT2D eigenvalue weighted by atomic mass is 10.0. The smallest absolute Gasteiger partial charge is 0.274 e. The van der Waals surface area contributed by atoms with Gasteiger partial charge in [-0.3, -0.25) is 19.3 Å². The number of carbonyl (C=O) groups excluding carboxylic acids is 2. The van der Waals surface area contributed by atoms with Crippen LogP contribution in [0.25, 0.3) is 0 Å². The Morgan fingerprint density at radius 2 is 1.94 bits per heavy atom. The van der Waals surface area contributed by atoms with Gasteiger partial charge in [-0.2, -0.15) is 5.10 Å². The first kappa shape index (κ1) is 20.8. The van der Waals surface area contributed by atoms with Crippen LogP contribution in [0.4, 0.5) is 0 Å². The molecule has 0 atom stereocenters. The molecule has 2 aliphatic rings. The zero-order chi connectivity index (χ0) is 21.9. The van der Waals surface area contributed by atoms with Crippen LogP contribution in [0.15, 0.2) is 41.9 Å². The second-order valence-corrected chi connectivity index (χ2v) is 9.01. The van der Waals surface area contributed by atoms with E-state index in [1.54, 1.807) is 22.4 Å². The Balaban J connectivity index is 1.43. The molecule has 8 nitrogen and oxygen atoms in total. The van der Waals surface area contributed by atoms with Crippen molar-refractivity contribution < 1.29 is 14.3 Å². The average Bonchev–Trinajstić information content (AvgIpc) is 3.47. The van der Waals surface area contributed by atoms with Gasteiger partial charge in [0.25, 0.3) is 5.91 Å². The number of aromatic nitrogens is 3. The Hall–Kier alpha value is -3.04. The standard InChI is InChI=1S/C23H25N5O3S/c29-21(14-18-5-3-13-32-18)27-8-6-20-19(16-27)22(23(30)26-9-11-31-12-10-26)25-28(20)15-17-4-1-2-7-24-17/h1-5,7,13H,6,8-12,14-16H2. The number of nitrogens with zero attached hydrogens (tertiary/aromatic N) is 5. The van der Waals surface area contributed by atoms with Gasteiger partial charge in [-0.25, -0.2) is 0 Å². The minimum Gasteiger partial charge on any atom is -0.378 e. The monoisotopic (exact) mass is 451 g/mol. The fourth-order valence-electron chi connectivity index (χ4n) is 4.24. The molecule has 166 valence electrons. The van der Waals surface area contributed by atoms with Crippen LogP contribution in [0.2, 0.25) is 0 Å². The van der Waals surface area contributed by atoms with Crippen LogP contribution >= 0.6 is 11.3 Å². The van der Waals surface area contributed by atoms with Gasteiger partial charge >= 0.3 is 0 Å². The summed E-state index contributed by atoms with van der Waals surface area (Å²) in [5, 5.41) is 6.72. The molecule has 1 fully saturated rings. The van der Waals surface area contributed by atoms with Gasteiger partial charge < -0.3 is 14.5 Å². The first-order valence-electron chi connectivity index (χ1n) is 10.8. The van der Waals surface area contributed by atoms with Crippen molar-refractivity contribution in [2.24, 2.45) is 0 Å². The van der Waals surface area contributed by atoms with E-state index < -0.39 is 0 Å². The van der Waals surface area contributed by atoms with Gasteiger partial charge in [0.05, 0.1) is 31.9 Å². The SMILES string of the molecule is O=C(Cc1cccs1)N1CCc2c(c(C(=O)N3CCOCC3)nn2Cc2ccccn2)C1. The molecule has 3 aromatic rings. The van der Waals surface area contributed by atoms with E-state index in [1.165, 1.54) is 0 Å². The number of thiophene rings is 1. The second kappa shape index (κ2) is 9.22. The molecule has 5 rings (SSSR count). The summed E-state index contributed by atoms with van der Waals surface area (Å²) in [5.74, 6) is -0.00257. The summed E-state index contributed by atoms with van der Waals surface area (Å²) in [5.41, 5.74) is 3.22. The molecule has 0 radical (unpaired) electrons. The highest BCUT2D eigenvalue weighted by molar-refractivity contribution is 7.10. The molecule has 1 saturated heterocycles. The number of rotatable bonds is 5. The van der Waals surface area contributed by atoms with Crippen LogP contribution in [-0.4, -0.2) is 69.2 Å². The second-order valence-electron chi connectivity index (χ2n) is 7.98. The predicted molar refractivity (Wildman–Crippen MR) is 119 cm³/mol. The van der Waals surface area contributed by atoms with E-state index in [9.17, 15) is 9.59 Å². The summed E-state index contributed by atoms with van der Waals surface area (Å²) in [6.45, 7) is 3.72. The molecule has 0 aromatic carbocycles. The van der Waals surface area contributed by atoms with E-state index in [0.717, 1.165) is 21.8 Å². The molecular weight excluding hydrogens is 426 g/mol. The van der Waals surface area contributed by atoms with Crippen LogP contribution in [0.5, 0.6) is 0 Å². The first-order chi connectivity index (χ1) is 15.7. The fraction of sp³-hybridized carbons (Fsp3) is 0.391. The molecule has 0 spiro atoms. The Morgan fingerprint density at radius 3 is 2.69 bits per heavy atom. The van der Waals surface area contributed by atoms with Crippen molar-refractivity contribution in [1.82, 2.24) is 24.6 Å². The summed E-state index contributed by atoms with van der Waals surface area (Å²) in [6, 6.07) is 9.73. The van der Waals surface area contributed by atoms with Crippen molar-refractivity contribution in [3.63, 3.8) is 0 Å². The van der Waals surface area contributed by atoms with Crippen molar-refractivity contribution in [3.05, 3.63) is 69.4 Å². The molecule has 0 N–H and O–H groups in total. The van der Waals surface area contributed by atoms with E-state index in [-0.39, 0.29) is 11.8 Å². The molecule has 0 aliphatic carbocycles. The van der Waals surface area contributed by atoms with Gasteiger partial charge in [0.1, 0.15) is 0 Å². The van der Waals surface area contributed by atoms with Gasteiger partial charge in [-0.05, 0) is 23.6 Å². The predicted octanol–water partition coefficient (Wildman–Crippen LogP) is 1.99. The number of fused-ring (bicyclic) bond motifs is 1. The van der Waals surface area contributed by atoms with Crippen molar-refractivity contribution >= 4 is 23.2 Å². The molecule has 32 heavy (non-hydrogen) atoms. The average molecular weight is 452 g/mol. The molecule has 0 bridgehead atoms. The number of carbonyl (C=O) groups is 2. The van der Waals surface area contributed by atoms with Crippen molar-refractivity contribution in [2.75, 3.05) is 32.8 Å². The number of morpholine rings is 1. The highest BCUT2D eigenvalue weighted by Crippen LogP contribution is 2.26. The minimum absolute atomic E-state index is 0.0837. The molecular formula is C23H25N5O3S. The zero-order valence-electron chi connectivity index (χ0n) is 17.8. The highest BCUT2D eigenvalue weighted by Gasteiger charge is 2.32. The van der Waals surface area contributed by atoms with Gasteiger partial charge in [0, 0.05) is 54.9 Å². The third kappa shape index (κ3) is 4.31. The number of amides is 2. The third-order valence-electron chi connectivity index (χ3n) is 5.93. The van der Waals surface area contributed by atoms with Crippen molar-refractivity contribution in [1.29, 1.82) is 0 Å². The summed E-state index contributed by atoms with van der Waals surface area (Å²) in [4.78, 5) is 35.4. The van der Waals surface area contributed by atoms with E-state index >= 15 is 0 Å². The molecule has 5 heterocycles. The largest absolute Gasteiger partial charge is 0.378 e. The molecule has 0 unspecified atom stereocenters. The lowest BCUT2D eigenvalue weighted by Crippen LogP contribution is -2.42. The van der Waals surface area contributed by atoms with Crippen molar-refractivity contribution in [3.8, 4) is 0 Å². The Morgan fingerprint density at radius 1 is 1.06 bits per heavy atom. The Labute approximate surface area is 190 Å². The van der Waals surface area contributed by atoms with Crippen molar-refractivity contribution in [2.45, 2.75) is 25.9 Å². The summed E-state index contributed by atoms with van der Waals surface area (Å²) < 4.78 is 7.30. The van der Waals surface area contributed by atoms with Crippen LogP contribution in [0, 0.1) is 0 Å². The van der Waals surface area contributed by atoms with Crippen LogP contribution in [0.1, 0.15) is 32.3 Å². The molecule has 0 saturated carbocycles. The zero-order valence-corrected chi connectivity index (χ0v) is 18.6. The lowest BCUT2D eigenvalue weighted by Gasteiger charge is -2.29. The quantitative estimate of drug-likeness (QED) is 0.593. The summed E-state index contributed by atoms with van der Waals surface area (Å²) in [6.07, 6.45) is 2.82. The minimum atomic E-state index is -0.0862. The topological polar surface area (TPSA) is 80.6 Å². The normalized spacial score (nSPS) is 16.1. The molecule has 2 aliphatic heterocycles. The fourth-order valence-corrected chi connectivity index (χ4v) is 4.94. The summed E-state index contributed by atoms with van der Waals surface area (Å²) >= 11 is 1.59. The maximum absolute atomic E-state index is 13.3. The maximum Gasteiger partial charge on any atom is 0.274 e. The Kier molecular flexibility index (Phi) is 6.00. The Bertz CT molecular complexity index is 1090. The molecule has 9 heteroatoms. The van der Waals surface area contributed by atoms with Crippen LogP contribution in [-0.2, 0) is 35.5 Å². The molecule has 3 aromatic heterocycles. The van der Waals surface area contributed by atoms with Crippen LogP contribution < -0.4 is 0 Å². The van der Waals surface area contributed by atoms with E-state index in [0.29, 0.717) is 64.5 Å². The number of pyridine rings is 1. The maximum atomic E-state index is 13.3. The van der Waals surface area contributed by atoms with Gasteiger partial charge in [0.15, 0.2) is 5.69 Å². The number of ether oxygens (including phenoxy) is 1. The lowest BCUT2D eigenvalue weighted by molar-refractivity contribution is -0.131. The van der Waals surface area contributed by atoms with Gasteiger partial charge in [0.2, 0.25) is 5.91 Å². The molecule has 2 amide bonds. The summed E-state index contributed by atoms with van der Waals surface area (Å²) in [7, 11) is 0. The number of hydrogen-bond donors (Lipinski definition) is 0. The van der Waals surface area contributed by atoms with E-state index in [2.05, 4.69) is 4.98 Å². The van der Waals surface area contributed by atoms with E-state index in [4.69, 9.17) is 9.84 Å². The third-order valence-corrected chi connectivity index (χ3v) is 6.81.